The molecule has 0 amide bonds. The van der Waals surface area contributed by atoms with Crippen LogP contribution in [0.5, 0.6) is 0 Å². The van der Waals surface area contributed by atoms with Crippen LogP contribution in [0.1, 0.15) is 107 Å². The SMILES string of the molecule is C.CC.CC(=O)C1CCC2C3CCC4CC(C)CCC4(C)C3CCC12C.O=C(O)CCl. The molecule has 0 radical (unpaired) electrons. The van der Waals surface area contributed by atoms with Gasteiger partial charge in [0, 0.05) is 5.92 Å². The van der Waals surface area contributed by atoms with Crippen LogP contribution < -0.4 is 0 Å². The van der Waals surface area contributed by atoms with Gasteiger partial charge in [-0.1, -0.05) is 48.5 Å². The molecule has 0 aliphatic heterocycles. The Bertz CT molecular complexity index is 605. The molecule has 0 spiro atoms. The lowest BCUT2D eigenvalue weighted by atomic mass is 9.44. The molecule has 3 nitrogen and oxygen atoms in total. The Kier molecular flexibility index (Phi) is 10.6. The van der Waals surface area contributed by atoms with E-state index in [0.29, 0.717) is 22.5 Å². The molecule has 4 fully saturated rings. The van der Waals surface area contributed by atoms with Gasteiger partial charge in [-0.25, -0.2) is 0 Å². The molecule has 8 atom stereocenters. The standard InChI is InChI=1S/C22H36O.C2H3ClO2.C2H6.CH4/c1-14-9-11-21(3)16(13-14)5-6-17-19-8-7-18(15(2)23)22(19,4)12-10-20(17)21;3-1-2(4)5;1-2;/h14,16-20H,5-13H2,1-4H3;1H2,(H,4,5);1-2H3;1H4. The maximum atomic E-state index is 12.2. The van der Waals surface area contributed by atoms with Gasteiger partial charge in [0.2, 0.25) is 0 Å². The normalized spacial score (nSPS) is 42.7. The molecule has 0 aromatic rings. The molecule has 4 rings (SSSR count). The molecule has 182 valence electrons. The molecule has 0 heterocycles. The zero-order chi connectivity index (χ0) is 22.7. The summed E-state index contributed by atoms with van der Waals surface area (Å²) in [5, 5.41) is 7.59. The van der Waals surface area contributed by atoms with Gasteiger partial charge in [0.15, 0.2) is 0 Å². The number of rotatable bonds is 2. The number of aliphatic carboxylic acids is 1. The average molecular weight is 457 g/mol. The third kappa shape index (κ3) is 5.50. The van der Waals surface area contributed by atoms with E-state index in [9.17, 15) is 9.59 Å². The van der Waals surface area contributed by atoms with Crippen molar-refractivity contribution >= 4 is 23.4 Å². The van der Waals surface area contributed by atoms with E-state index in [0.717, 1.165) is 29.6 Å². The predicted octanol–water partition coefficient (Wildman–Crippen LogP) is 7.84. The van der Waals surface area contributed by atoms with Gasteiger partial charge >= 0.3 is 5.97 Å². The number of halogens is 1. The molecule has 0 bridgehead atoms. The van der Waals surface area contributed by atoms with Crippen LogP contribution in [0.15, 0.2) is 0 Å². The lowest BCUT2D eigenvalue weighted by Gasteiger charge is -2.61. The number of carbonyl (C=O) groups excluding carboxylic acids is 1. The maximum absolute atomic E-state index is 12.2. The van der Waals surface area contributed by atoms with Gasteiger partial charge in [-0.15, -0.1) is 11.6 Å². The van der Waals surface area contributed by atoms with Crippen LogP contribution in [0.25, 0.3) is 0 Å². The van der Waals surface area contributed by atoms with E-state index in [-0.39, 0.29) is 13.3 Å². The Morgan fingerprint density at radius 3 is 2.03 bits per heavy atom. The van der Waals surface area contributed by atoms with Gasteiger partial charge in [-0.3, -0.25) is 9.59 Å². The van der Waals surface area contributed by atoms with Crippen LogP contribution in [0.3, 0.4) is 0 Å². The van der Waals surface area contributed by atoms with E-state index < -0.39 is 5.97 Å². The fourth-order valence-electron chi connectivity index (χ4n) is 8.14. The third-order valence-corrected chi connectivity index (χ3v) is 9.76. The van der Waals surface area contributed by atoms with E-state index in [1.54, 1.807) is 0 Å². The van der Waals surface area contributed by atoms with Crippen LogP contribution in [0.2, 0.25) is 0 Å². The molecular formula is C27H49ClO3. The van der Waals surface area contributed by atoms with Gasteiger partial charge in [-0.05, 0) is 98.7 Å². The van der Waals surface area contributed by atoms with Crippen LogP contribution in [0.4, 0.5) is 0 Å². The van der Waals surface area contributed by atoms with Crippen molar-refractivity contribution < 1.29 is 14.7 Å². The van der Waals surface area contributed by atoms with Gasteiger partial charge in [-0.2, -0.15) is 0 Å². The molecule has 4 saturated carbocycles. The van der Waals surface area contributed by atoms with E-state index in [1.165, 1.54) is 57.8 Å². The fraction of sp³-hybridized carbons (Fsp3) is 0.926. The molecule has 4 heteroatoms. The van der Waals surface area contributed by atoms with Crippen molar-refractivity contribution in [1.82, 2.24) is 0 Å². The maximum Gasteiger partial charge on any atom is 0.318 e. The second-order valence-electron chi connectivity index (χ2n) is 10.8. The molecule has 0 aromatic carbocycles. The van der Waals surface area contributed by atoms with Crippen molar-refractivity contribution in [3.63, 3.8) is 0 Å². The minimum atomic E-state index is -0.980. The molecule has 0 aromatic heterocycles. The Balaban J connectivity index is 0.000000533. The van der Waals surface area contributed by atoms with E-state index in [2.05, 4.69) is 20.8 Å². The zero-order valence-electron chi connectivity index (χ0n) is 20.2. The summed E-state index contributed by atoms with van der Waals surface area (Å²) in [5.41, 5.74) is 0.948. The minimum Gasteiger partial charge on any atom is -0.480 e. The number of fused-ring (bicyclic) bond motifs is 5. The molecule has 4 aliphatic carbocycles. The molecule has 1 N–H and O–H groups in total. The highest BCUT2D eigenvalue weighted by Crippen LogP contribution is 2.67. The Morgan fingerprint density at radius 2 is 1.48 bits per heavy atom. The van der Waals surface area contributed by atoms with Crippen molar-refractivity contribution in [2.45, 2.75) is 107 Å². The number of Topliss-reactive ketones (excluding diaryl/α,β-unsaturated/α-hetero) is 1. The largest absolute Gasteiger partial charge is 0.480 e. The van der Waals surface area contributed by atoms with E-state index >= 15 is 0 Å². The lowest BCUT2D eigenvalue weighted by Crippen LogP contribution is -2.53. The lowest BCUT2D eigenvalue weighted by molar-refractivity contribution is -0.135. The number of alkyl halides is 1. The summed E-state index contributed by atoms with van der Waals surface area (Å²) in [5.74, 6) is 4.21. The Hall–Kier alpha value is -0.570. The van der Waals surface area contributed by atoms with Crippen molar-refractivity contribution in [2.75, 3.05) is 5.88 Å². The van der Waals surface area contributed by atoms with Crippen LogP contribution >= 0.6 is 11.6 Å². The quantitative estimate of drug-likeness (QED) is 0.430. The monoisotopic (exact) mass is 456 g/mol. The fourth-order valence-corrected chi connectivity index (χ4v) is 8.14. The summed E-state index contributed by atoms with van der Waals surface area (Å²) < 4.78 is 0. The topological polar surface area (TPSA) is 54.4 Å². The molecular weight excluding hydrogens is 408 g/mol. The highest BCUT2D eigenvalue weighted by atomic mass is 35.5. The first kappa shape index (κ1) is 28.5. The molecule has 0 saturated heterocycles. The van der Waals surface area contributed by atoms with Gasteiger partial charge in [0.25, 0.3) is 0 Å². The van der Waals surface area contributed by atoms with Crippen molar-refractivity contribution in [3.8, 4) is 0 Å². The highest BCUT2D eigenvalue weighted by Gasteiger charge is 2.60. The minimum absolute atomic E-state index is 0. The smallest absolute Gasteiger partial charge is 0.318 e. The average Bonchev–Trinajstić information content (AvgIpc) is 3.08. The molecule has 8 unspecified atom stereocenters. The second-order valence-corrected chi connectivity index (χ2v) is 11.1. The number of ketones is 1. The molecule has 31 heavy (non-hydrogen) atoms. The van der Waals surface area contributed by atoms with Crippen LogP contribution in [0, 0.1) is 46.3 Å². The van der Waals surface area contributed by atoms with E-state index in [1.807, 2.05) is 20.8 Å². The first-order valence-electron chi connectivity index (χ1n) is 12.4. The zero-order valence-corrected chi connectivity index (χ0v) is 20.9. The van der Waals surface area contributed by atoms with Gasteiger partial charge in [0.1, 0.15) is 11.7 Å². The predicted molar refractivity (Wildman–Crippen MR) is 131 cm³/mol. The van der Waals surface area contributed by atoms with Gasteiger partial charge < -0.3 is 5.11 Å². The van der Waals surface area contributed by atoms with E-state index in [4.69, 9.17) is 16.7 Å². The van der Waals surface area contributed by atoms with Crippen LogP contribution in [-0.4, -0.2) is 22.7 Å². The summed E-state index contributed by atoms with van der Waals surface area (Å²) >= 11 is 4.74. The number of carboxylic acid groups (broad SMARTS) is 1. The summed E-state index contributed by atoms with van der Waals surface area (Å²) in [6, 6.07) is 0. The summed E-state index contributed by atoms with van der Waals surface area (Å²) in [7, 11) is 0. The number of carbonyl (C=O) groups is 2. The number of hydrogen-bond acceptors (Lipinski definition) is 2. The number of hydrogen-bond donors (Lipinski definition) is 1. The molecule has 4 aliphatic rings. The second kappa shape index (κ2) is 11.5. The first-order valence-corrected chi connectivity index (χ1v) is 12.9. The van der Waals surface area contributed by atoms with Crippen molar-refractivity contribution in [3.05, 3.63) is 0 Å². The highest BCUT2D eigenvalue weighted by molar-refractivity contribution is 6.26. The van der Waals surface area contributed by atoms with Crippen LogP contribution in [-0.2, 0) is 9.59 Å². The first-order chi connectivity index (χ1) is 14.1. The summed E-state index contributed by atoms with van der Waals surface area (Å²) in [4.78, 5) is 21.4. The summed E-state index contributed by atoms with van der Waals surface area (Å²) in [6.45, 7) is 13.5. The Morgan fingerprint density at radius 1 is 0.935 bits per heavy atom. The van der Waals surface area contributed by atoms with Crippen molar-refractivity contribution in [1.29, 1.82) is 0 Å². The summed E-state index contributed by atoms with van der Waals surface area (Å²) in [6.07, 6.45) is 12.6. The Labute approximate surface area is 197 Å². The third-order valence-electron chi connectivity index (χ3n) is 9.53. The van der Waals surface area contributed by atoms with Crippen molar-refractivity contribution in [2.24, 2.45) is 46.3 Å². The van der Waals surface area contributed by atoms with Gasteiger partial charge in [0.05, 0.1) is 0 Å². The number of carboxylic acids is 1.